The molecule has 0 aliphatic carbocycles. The van der Waals surface area contributed by atoms with Gasteiger partial charge in [-0.05, 0) is 29.0 Å². The van der Waals surface area contributed by atoms with E-state index in [2.05, 4.69) is 13.5 Å². The van der Waals surface area contributed by atoms with Gasteiger partial charge in [0.15, 0.2) is 0 Å². The Labute approximate surface area is 152 Å². The van der Waals surface area contributed by atoms with Crippen molar-refractivity contribution in [2.45, 2.75) is 11.0 Å². The van der Waals surface area contributed by atoms with Gasteiger partial charge in [0, 0.05) is 16.8 Å². The summed E-state index contributed by atoms with van der Waals surface area (Å²) in [7, 11) is -3.80. The zero-order valence-electron chi connectivity index (χ0n) is 12.8. The van der Waals surface area contributed by atoms with Crippen LogP contribution in [0.25, 0.3) is 21.1 Å². The number of aliphatic hydroxyl groups is 1. The molecule has 9 heteroatoms. The zero-order valence-corrected chi connectivity index (χ0v) is 15.2. The maximum absolute atomic E-state index is 12.6. The summed E-state index contributed by atoms with van der Waals surface area (Å²) in [5, 5.41) is 13.2. The van der Waals surface area contributed by atoms with Crippen molar-refractivity contribution in [1.82, 2.24) is 13.5 Å². The molecule has 4 rings (SSSR count). The molecule has 0 bridgehead atoms. The van der Waals surface area contributed by atoms with Crippen molar-refractivity contribution >= 4 is 54.2 Å². The van der Waals surface area contributed by atoms with Gasteiger partial charge in [0.25, 0.3) is 0 Å². The van der Waals surface area contributed by atoms with E-state index in [4.69, 9.17) is 0 Å². The topological polar surface area (TPSA) is 92.2 Å². The molecule has 0 unspecified atom stereocenters. The predicted octanol–water partition coefficient (Wildman–Crippen LogP) is 2.92. The molecule has 0 aliphatic rings. The summed E-state index contributed by atoms with van der Waals surface area (Å²) in [6.07, 6.45) is -0.932. The fraction of sp³-hybridized carbons (Fsp3) is 0.125. The molecule has 0 amide bonds. The van der Waals surface area contributed by atoms with E-state index in [-0.39, 0.29) is 11.4 Å². The van der Waals surface area contributed by atoms with E-state index >= 15 is 0 Å². The second-order valence-electron chi connectivity index (χ2n) is 5.44. The van der Waals surface area contributed by atoms with E-state index in [1.165, 1.54) is 17.4 Å². The van der Waals surface area contributed by atoms with Crippen molar-refractivity contribution in [2.24, 2.45) is 0 Å². The molecule has 0 fully saturated rings. The predicted molar refractivity (Wildman–Crippen MR) is 99.4 cm³/mol. The van der Waals surface area contributed by atoms with Crippen LogP contribution >= 0.6 is 23.1 Å². The molecule has 128 valence electrons. The maximum Gasteiger partial charge on any atom is 0.242 e. The minimum atomic E-state index is -3.80. The summed E-state index contributed by atoms with van der Waals surface area (Å²) < 4.78 is 36.8. The van der Waals surface area contributed by atoms with Crippen LogP contribution in [0.2, 0.25) is 0 Å². The van der Waals surface area contributed by atoms with Crippen LogP contribution in [0.4, 0.5) is 0 Å². The lowest BCUT2D eigenvalue weighted by Crippen LogP contribution is -2.28. The maximum atomic E-state index is 12.6. The standard InChI is InChI=1S/C16H13N3O3S3/c20-13(11-9-23-14-6-2-1-4-10(11)14)8-17-25(21,22)15-7-3-5-12-16(15)19-24-18-12/h1-7,9,13,17,20H,8H2/t13-/m1/s1. The molecule has 2 heterocycles. The monoisotopic (exact) mass is 391 g/mol. The molecule has 2 aromatic heterocycles. The van der Waals surface area contributed by atoms with Crippen LogP contribution in [-0.2, 0) is 10.0 Å². The van der Waals surface area contributed by atoms with Gasteiger partial charge in [-0.15, -0.1) is 11.3 Å². The lowest BCUT2D eigenvalue weighted by molar-refractivity contribution is 0.184. The van der Waals surface area contributed by atoms with E-state index in [0.29, 0.717) is 11.0 Å². The minimum absolute atomic E-state index is 0.0705. The number of thiophene rings is 1. The van der Waals surface area contributed by atoms with Crippen LogP contribution in [0.5, 0.6) is 0 Å². The summed E-state index contributed by atoms with van der Waals surface area (Å²) in [5.41, 5.74) is 1.60. The van der Waals surface area contributed by atoms with Gasteiger partial charge in [0.05, 0.1) is 17.8 Å². The van der Waals surface area contributed by atoms with Gasteiger partial charge in [-0.1, -0.05) is 24.3 Å². The van der Waals surface area contributed by atoms with Crippen LogP contribution in [0.1, 0.15) is 11.7 Å². The molecule has 0 radical (unpaired) electrons. The van der Waals surface area contributed by atoms with Gasteiger partial charge >= 0.3 is 0 Å². The second kappa shape index (κ2) is 6.43. The average molecular weight is 391 g/mol. The smallest absolute Gasteiger partial charge is 0.242 e. The number of benzene rings is 2. The molecule has 0 saturated carbocycles. The Morgan fingerprint density at radius 1 is 1.12 bits per heavy atom. The molecule has 0 aliphatic heterocycles. The number of hydrogen-bond acceptors (Lipinski definition) is 7. The Bertz CT molecular complexity index is 1150. The zero-order chi connectivity index (χ0) is 17.4. The van der Waals surface area contributed by atoms with Crippen LogP contribution in [-0.4, -0.2) is 28.8 Å². The lowest BCUT2D eigenvalue weighted by Gasteiger charge is -2.12. The highest BCUT2D eigenvalue weighted by molar-refractivity contribution is 7.89. The third-order valence-corrected chi connectivity index (χ3v) is 6.85. The summed E-state index contributed by atoms with van der Waals surface area (Å²) in [6.45, 7) is -0.114. The quantitative estimate of drug-likeness (QED) is 0.546. The number of hydrogen-bond donors (Lipinski definition) is 2. The van der Waals surface area contributed by atoms with E-state index in [9.17, 15) is 13.5 Å². The molecular formula is C16H13N3O3S3. The number of nitrogens with zero attached hydrogens (tertiary/aromatic N) is 2. The summed E-state index contributed by atoms with van der Waals surface area (Å²) in [6, 6.07) is 12.5. The minimum Gasteiger partial charge on any atom is -0.387 e. The van der Waals surface area contributed by atoms with E-state index in [1.54, 1.807) is 12.1 Å². The Morgan fingerprint density at radius 2 is 1.96 bits per heavy atom. The third kappa shape index (κ3) is 3.05. The Hall–Kier alpha value is -1.91. The number of nitrogens with one attached hydrogen (secondary N) is 1. The Balaban J connectivity index is 1.59. The second-order valence-corrected chi connectivity index (χ2v) is 8.62. The lowest BCUT2D eigenvalue weighted by atomic mass is 10.1. The highest BCUT2D eigenvalue weighted by Gasteiger charge is 2.22. The van der Waals surface area contributed by atoms with Gasteiger partial charge in [-0.3, -0.25) is 0 Å². The number of aromatic nitrogens is 2. The summed E-state index contributed by atoms with van der Waals surface area (Å²) >= 11 is 2.49. The van der Waals surface area contributed by atoms with Gasteiger partial charge in [-0.25, -0.2) is 13.1 Å². The SMILES string of the molecule is O=S(=O)(NC[C@@H](O)c1csc2ccccc12)c1cccc2nsnc12. The number of aliphatic hydroxyl groups excluding tert-OH is 1. The number of fused-ring (bicyclic) bond motifs is 2. The van der Waals surface area contributed by atoms with Crippen molar-refractivity contribution in [2.75, 3.05) is 6.54 Å². The molecule has 1 atom stereocenters. The first-order valence-corrected chi connectivity index (χ1v) is 10.5. The Morgan fingerprint density at radius 3 is 2.84 bits per heavy atom. The molecule has 4 aromatic rings. The fourth-order valence-corrected chi connectivity index (χ4v) is 5.44. The highest BCUT2D eigenvalue weighted by atomic mass is 32.2. The van der Waals surface area contributed by atoms with Gasteiger partial charge in [0.2, 0.25) is 10.0 Å². The van der Waals surface area contributed by atoms with Crippen molar-refractivity contribution in [1.29, 1.82) is 0 Å². The molecule has 2 N–H and O–H groups in total. The molecular weight excluding hydrogens is 378 g/mol. The van der Waals surface area contributed by atoms with E-state index in [1.807, 2.05) is 29.6 Å². The summed E-state index contributed by atoms with van der Waals surface area (Å²) in [5.74, 6) is 0. The first kappa shape index (κ1) is 16.6. The van der Waals surface area contributed by atoms with Crippen molar-refractivity contribution in [3.05, 3.63) is 53.4 Å². The van der Waals surface area contributed by atoms with E-state index < -0.39 is 16.1 Å². The van der Waals surface area contributed by atoms with Crippen molar-refractivity contribution < 1.29 is 13.5 Å². The van der Waals surface area contributed by atoms with Crippen molar-refractivity contribution in [3.63, 3.8) is 0 Å². The Kier molecular flexibility index (Phi) is 4.26. The van der Waals surface area contributed by atoms with Crippen molar-refractivity contribution in [3.8, 4) is 0 Å². The van der Waals surface area contributed by atoms with Crippen LogP contribution in [0.15, 0.2) is 52.7 Å². The molecule has 0 saturated heterocycles. The average Bonchev–Trinajstić information content (AvgIpc) is 3.26. The molecule has 2 aromatic carbocycles. The first-order valence-electron chi connectivity index (χ1n) is 7.41. The van der Waals surface area contributed by atoms with Gasteiger partial charge < -0.3 is 5.11 Å². The van der Waals surface area contributed by atoms with Gasteiger partial charge in [0.1, 0.15) is 15.9 Å². The van der Waals surface area contributed by atoms with E-state index in [0.717, 1.165) is 27.4 Å². The number of rotatable bonds is 5. The number of sulfonamides is 1. The normalized spacial score (nSPS) is 13.5. The first-order chi connectivity index (χ1) is 12.1. The highest BCUT2D eigenvalue weighted by Crippen LogP contribution is 2.30. The fourth-order valence-electron chi connectivity index (χ4n) is 2.63. The summed E-state index contributed by atoms with van der Waals surface area (Å²) in [4.78, 5) is 0.0705. The van der Waals surface area contributed by atoms with Crippen LogP contribution < -0.4 is 4.72 Å². The van der Waals surface area contributed by atoms with Crippen LogP contribution in [0, 0.1) is 0 Å². The van der Waals surface area contributed by atoms with Gasteiger partial charge in [-0.2, -0.15) is 8.75 Å². The van der Waals surface area contributed by atoms with Crippen LogP contribution in [0.3, 0.4) is 0 Å². The molecule has 6 nitrogen and oxygen atoms in total. The molecule has 0 spiro atoms. The molecule has 25 heavy (non-hydrogen) atoms. The third-order valence-electron chi connectivity index (χ3n) is 3.88. The largest absolute Gasteiger partial charge is 0.387 e.